The van der Waals surface area contributed by atoms with Gasteiger partial charge in [0.25, 0.3) is 0 Å². The summed E-state index contributed by atoms with van der Waals surface area (Å²) in [5, 5.41) is 18.6. The van der Waals surface area contributed by atoms with E-state index >= 15 is 0 Å². The van der Waals surface area contributed by atoms with E-state index in [0.29, 0.717) is 15.8 Å². The Hall–Kier alpha value is -0.740. The number of benzene rings is 1. The van der Waals surface area contributed by atoms with Gasteiger partial charge in [0.2, 0.25) is 0 Å². The lowest BCUT2D eigenvalue weighted by molar-refractivity contribution is 0.274. The fraction of sp³-hybridized carbons (Fsp3) is 0.400. The number of phenols is 1. The van der Waals surface area contributed by atoms with E-state index in [1.54, 1.807) is 13.2 Å². The summed E-state index contributed by atoms with van der Waals surface area (Å²) in [4.78, 5) is 0. The summed E-state index contributed by atoms with van der Waals surface area (Å²) in [6, 6.07) is 1.75. The van der Waals surface area contributed by atoms with Crippen LogP contribution < -0.4 is 4.74 Å². The quantitative estimate of drug-likeness (QED) is 0.877. The highest BCUT2D eigenvalue weighted by atomic mass is 79.9. The van der Waals surface area contributed by atoms with Crippen molar-refractivity contribution in [3.8, 4) is 11.5 Å². The standard InChI is InChI=1S/C10H13BrO3/c1-3-6-4-7(5-12)9(13)8(11)10(6)14-2/h4,12-13H,3,5H2,1-2H3. The Morgan fingerprint density at radius 2 is 2.07 bits per heavy atom. The van der Waals surface area contributed by atoms with Crippen LogP contribution in [0.1, 0.15) is 18.1 Å². The monoisotopic (exact) mass is 260 g/mol. The maximum absolute atomic E-state index is 9.64. The number of hydrogen-bond acceptors (Lipinski definition) is 3. The molecule has 0 saturated heterocycles. The van der Waals surface area contributed by atoms with Crippen LogP contribution in [0.2, 0.25) is 0 Å². The lowest BCUT2D eigenvalue weighted by Crippen LogP contribution is -1.96. The van der Waals surface area contributed by atoms with Crippen LogP contribution in [0, 0.1) is 0 Å². The smallest absolute Gasteiger partial charge is 0.140 e. The van der Waals surface area contributed by atoms with E-state index < -0.39 is 0 Å². The molecule has 4 heteroatoms. The third kappa shape index (κ3) is 1.86. The molecule has 0 heterocycles. The van der Waals surface area contributed by atoms with E-state index in [1.807, 2.05) is 6.92 Å². The van der Waals surface area contributed by atoms with Crippen molar-refractivity contribution in [1.29, 1.82) is 0 Å². The van der Waals surface area contributed by atoms with E-state index in [1.165, 1.54) is 0 Å². The van der Waals surface area contributed by atoms with E-state index in [0.717, 1.165) is 12.0 Å². The molecule has 0 amide bonds. The van der Waals surface area contributed by atoms with Gasteiger partial charge in [0.15, 0.2) is 0 Å². The van der Waals surface area contributed by atoms with Gasteiger partial charge in [-0.05, 0) is 34.0 Å². The van der Waals surface area contributed by atoms with Gasteiger partial charge >= 0.3 is 0 Å². The van der Waals surface area contributed by atoms with E-state index in [9.17, 15) is 5.11 Å². The van der Waals surface area contributed by atoms with Gasteiger partial charge < -0.3 is 14.9 Å². The number of hydrogen-bond donors (Lipinski definition) is 2. The van der Waals surface area contributed by atoms with Gasteiger partial charge in [-0.1, -0.05) is 6.92 Å². The number of methoxy groups -OCH3 is 1. The maximum Gasteiger partial charge on any atom is 0.140 e. The van der Waals surface area contributed by atoms with Crippen molar-refractivity contribution in [3.63, 3.8) is 0 Å². The summed E-state index contributed by atoms with van der Waals surface area (Å²) < 4.78 is 5.66. The number of aromatic hydroxyl groups is 1. The minimum atomic E-state index is -0.179. The first-order chi connectivity index (χ1) is 6.65. The normalized spacial score (nSPS) is 10.3. The third-order valence-corrected chi connectivity index (χ3v) is 2.84. The second-order valence-electron chi connectivity index (χ2n) is 2.90. The number of rotatable bonds is 3. The Labute approximate surface area is 91.5 Å². The second-order valence-corrected chi connectivity index (χ2v) is 3.70. The van der Waals surface area contributed by atoms with Crippen LogP contribution in [0.5, 0.6) is 11.5 Å². The summed E-state index contributed by atoms with van der Waals surface area (Å²) in [6.07, 6.45) is 0.787. The van der Waals surface area contributed by atoms with Gasteiger partial charge in [0.1, 0.15) is 16.0 Å². The number of aryl methyl sites for hydroxylation is 1. The number of ether oxygens (including phenoxy) is 1. The summed E-state index contributed by atoms with van der Waals surface area (Å²) in [7, 11) is 1.55. The predicted octanol–water partition coefficient (Wildman–Crippen LogP) is 2.22. The average molecular weight is 261 g/mol. The molecule has 14 heavy (non-hydrogen) atoms. The van der Waals surface area contributed by atoms with E-state index in [2.05, 4.69) is 15.9 Å². The molecule has 0 bridgehead atoms. The maximum atomic E-state index is 9.64. The first-order valence-corrected chi connectivity index (χ1v) is 5.13. The Balaban J connectivity index is 3.38. The van der Waals surface area contributed by atoms with Gasteiger partial charge in [-0.15, -0.1) is 0 Å². The average Bonchev–Trinajstić information content (AvgIpc) is 2.21. The molecule has 0 fully saturated rings. The molecule has 0 unspecified atom stereocenters. The highest BCUT2D eigenvalue weighted by molar-refractivity contribution is 9.10. The van der Waals surface area contributed by atoms with Gasteiger partial charge in [-0.2, -0.15) is 0 Å². The van der Waals surface area contributed by atoms with Crippen LogP contribution in [-0.4, -0.2) is 17.3 Å². The zero-order valence-corrected chi connectivity index (χ0v) is 9.76. The molecule has 0 radical (unpaired) electrons. The molecule has 0 aromatic heterocycles. The van der Waals surface area contributed by atoms with Crippen molar-refractivity contribution in [3.05, 3.63) is 21.7 Å². The van der Waals surface area contributed by atoms with Crippen molar-refractivity contribution in [1.82, 2.24) is 0 Å². The minimum Gasteiger partial charge on any atom is -0.506 e. The molecule has 3 nitrogen and oxygen atoms in total. The highest BCUT2D eigenvalue weighted by Gasteiger charge is 2.14. The number of aliphatic hydroxyl groups excluding tert-OH is 1. The van der Waals surface area contributed by atoms with Crippen molar-refractivity contribution in [2.45, 2.75) is 20.0 Å². The fourth-order valence-electron chi connectivity index (χ4n) is 1.34. The molecular weight excluding hydrogens is 248 g/mol. The molecule has 2 N–H and O–H groups in total. The van der Waals surface area contributed by atoms with Crippen molar-refractivity contribution < 1.29 is 14.9 Å². The topological polar surface area (TPSA) is 49.7 Å². The Kier molecular flexibility index (Phi) is 3.77. The van der Waals surface area contributed by atoms with E-state index in [-0.39, 0.29) is 12.4 Å². The molecule has 1 aromatic carbocycles. The van der Waals surface area contributed by atoms with Crippen molar-refractivity contribution >= 4 is 15.9 Å². The van der Waals surface area contributed by atoms with Gasteiger partial charge in [0.05, 0.1) is 13.7 Å². The Bertz CT molecular complexity index is 337. The summed E-state index contributed by atoms with van der Waals surface area (Å²) >= 11 is 3.24. The largest absolute Gasteiger partial charge is 0.506 e. The fourth-order valence-corrected chi connectivity index (χ4v) is 2.01. The second kappa shape index (κ2) is 4.66. The van der Waals surface area contributed by atoms with Crippen LogP contribution in [0.4, 0.5) is 0 Å². The Morgan fingerprint density at radius 3 is 2.50 bits per heavy atom. The molecule has 0 aliphatic rings. The minimum absolute atomic E-state index is 0.0431. The zero-order valence-electron chi connectivity index (χ0n) is 8.17. The molecule has 78 valence electrons. The number of halogens is 1. The van der Waals surface area contributed by atoms with E-state index in [4.69, 9.17) is 9.84 Å². The molecular formula is C10H13BrO3. The van der Waals surface area contributed by atoms with Gasteiger partial charge in [0, 0.05) is 5.56 Å². The Morgan fingerprint density at radius 1 is 1.43 bits per heavy atom. The summed E-state index contributed by atoms with van der Waals surface area (Å²) in [5.74, 6) is 0.670. The molecule has 0 saturated carbocycles. The lowest BCUT2D eigenvalue weighted by atomic mass is 10.1. The van der Waals surface area contributed by atoms with Crippen molar-refractivity contribution in [2.75, 3.05) is 7.11 Å². The number of aliphatic hydroxyl groups is 1. The summed E-state index contributed by atoms with van der Waals surface area (Å²) in [6.45, 7) is 1.81. The highest BCUT2D eigenvalue weighted by Crippen LogP contribution is 2.39. The molecule has 0 aliphatic heterocycles. The van der Waals surface area contributed by atoms with Crippen molar-refractivity contribution in [2.24, 2.45) is 0 Å². The first kappa shape index (κ1) is 11.3. The van der Waals surface area contributed by atoms with Crippen LogP contribution in [0.15, 0.2) is 10.5 Å². The first-order valence-electron chi connectivity index (χ1n) is 4.33. The summed E-state index contributed by atoms with van der Waals surface area (Å²) in [5.41, 5.74) is 1.47. The third-order valence-electron chi connectivity index (χ3n) is 2.11. The zero-order chi connectivity index (χ0) is 10.7. The van der Waals surface area contributed by atoms with Gasteiger partial charge in [-0.3, -0.25) is 0 Å². The molecule has 0 atom stereocenters. The predicted molar refractivity (Wildman–Crippen MR) is 57.7 cm³/mol. The van der Waals surface area contributed by atoms with Gasteiger partial charge in [-0.25, -0.2) is 0 Å². The van der Waals surface area contributed by atoms with Crippen LogP contribution in [0.3, 0.4) is 0 Å². The molecule has 0 spiro atoms. The SMILES string of the molecule is CCc1cc(CO)c(O)c(Br)c1OC. The lowest BCUT2D eigenvalue weighted by Gasteiger charge is -2.13. The molecule has 1 rings (SSSR count). The van der Waals surface area contributed by atoms with Crippen LogP contribution >= 0.6 is 15.9 Å². The molecule has 1 aromatic rings. The van der Waals surface area contributed by atoms with Crippen LogP contribution in [0.25, 0.3) is 0 Å². The molecule has 0 aliphatic carbocycles. The van der Waals surface area contributed by atoms with Crippen LogP contribution in [-0.2, 0) is 13.0 Å².